The van der Waals surface area contributed by atoms with Crippen molar-refractivity contribution in [1.82, 2.24) is 14.6 Å². The molecule has 1 fully saturated rings. The minimum absolute atomic E-state index is 0.0664. The molecule has 1 aromatic carbocycles. The van der Waals surface area contributed by atoms with Crippen LogP contribution in [-0.4, -0.2) is 35.1 Å². The lowest BCUT2D eigenvalue weighted by Crippen LogP contribution is -2.03. The zero-order chi connectivity index (χ0) is 18.3. The predicted molar refractivity (Wildman–Crippen MR) is 97.7 cm³/mol. The Morgan fingerprint density at radius 2 is 2.04 bits per heavy atom. The highest BCUT2D eigenvalue weighted by atomic mass is 16.5. The molecule has 4 rings (SSSR count). The van der Waals surface area contributed by atoms with E-state index in [1.807, 2.05) is 34.8 Å². The van der Waals surface area contributed by atoms with Crippen LogP contribution in [0.25, 0.3) is 16.9 Å². The average molecular weight is 351 g/mol. The Balaban J connectivity index is 1.90. The fraction of sp³-hybridized carbons (Fsp3) is 0.350. The van der Waals surface area contributed by atoms with Crippen LogP contribution in [0.1, 0.15) is 41.5 Å². The van der Waals surface area contributed by atoms with Gasteiger partial charge >= 0.3 is 0 Å². The van der Waals surface area contributed by atoms with Crippen molar-refractivity contribution >= 4 is 11.9 Å². The normalized spacial score (nSPS) is 15.2. The summed E-state index contributed by atoms with van der Waals surface area (Å²) in [4.78, 5) is 16.0. The van der Waals surface area contributed by atoms with E-state index in [0.29, 0.717) is 23.6 Å². The van der Waals surface area contributed by atoms with Crippen LogP contribution in [0.4, 0.5) is 0 Å². The summed E-state index contributed by atoms with van der Waals surface area (Å²) in [5.74, 6) is 1.54. The highest BCUT2D eigenvalue weighted by Crippen LogP contribution is 2.46. The summed E-state index contributed by atoms with van der Waals surface area (Å²) in [6, 6.07) is 9.57. The number of fused-ring (bicyclic) bond motifs is 1. The molecule has 0 atom stereocenters. The number of ether oxygens (including phenoxy) is 2. The predicted octanol–water partition coefficient (Wildman–Crippen LogP) is 3.42. The van der Waals surface area contributed by atoms with Gasteiger partial charge in [-0.05, 0) is 36.6 Å². The van der Waals surface area contributed by atoms with Crippen LogP contribution in [0.2, 0.25) is 0 Å². The van der Waals surface area contributed by atoms with Crippen LogP contribution < -0.4 is 4.74 Å². The monoisotopic (exact) mass is 351 g/mol. The first-order valence-corrected chi connectivity index (χ1v) is 8.61. The Hall–Kier alpha value is -2.73. The quantitative estimate of drug-likeness (QED) is 0.637. The van der Waals surface area contributed by atoms with Gasteiger partial charge in [0.25, 0.3) is 0 Å². The smallest absolute Gasteiger partial charge is 0.198 e. The third-order valence-electron chi connectivity index (χ3n) is 5.07. The van der Waals surface area contributed by atoms with Crippen LogP contribution in [-0.2, 0) is 16.8 Å². The van der Waals surface area contributed by atoms with Gasteiger partial charge in [0, 0.05) is 23.7 Å². The van der Waals surface area contributed by atoms with E-state index < -0.39 is 0 Å². The van der Waals surface area contributed by atoms with Gasteiger partial charge in [-0.25, -0.2) is 9.50 Å². The van der Waals surface area contributed by atoms with Gasteiger partial charge in [0.15, 0.2) is 17.2 Å². The Kier molecular flexibility index (Phi) is 4.00. The maximum atomic E-state index is 11.3. The third kappa shape index (κ3) is 2.66. The Bertz CT molecular complexity index is 989. The van der Waals surface area contributed by atoms with E-state index in [-0.39, 0.29) is 5.41 Å². The number of rotatable bonds is 6. The van der Waals surface area contributed by atoms with E-state index >= 15 is 0 Å². The van der Waals surface area contributed by atoms with Crippen molar-refractivity contribution in [2.24, 2.45) is 0 Å². The van der Waals surface area contributed by atoms with Gasteiger partial charge in [0.05, 0.1) is 19.4 Å². The molecule has 0 radical (unpaired) electrons. The Labute approximate surface area is 151 Å². The lowest BCUT2D eigenvalue weighted by atomic mass is 10.0. The number of aromatic nitrogens is 3. The number of pyridine rings is 1. The summed E-state index contributed by atoms with van der Waals surface area (Å²) in [6.45, 7) is 2.56. The first-order valence-electron chi connectivity index (χ1n) is 8.61. The van der Waals surface area contributed by atoms with Gasteiger partial charge in [0.2, 0.25) is 0 Å². The molecule has 0 unspecified atom stereocenters. The van der Waals surface area contributed by atoms with Crippen molar-refractivity contribution in [1.29, 1.82) is 0 Å². The lowest BCUT2D eigenvalue weighted by Gasteiger charge is -2.10. The highest BCUT2D eigenvalue weighted by Gasteiger charge is 2.43. The maximum absolute atomic E-state index is 11.3. The third-order valence-corrected chi connectivity index (χ3v) is 5.07. The van der Waals surface area contributed by atoms with Crippen molar-refractivity contribution in [3.05, 3.63) is 47.3 Å². The molecule has 6 nitrogen and oxygen atoms in total. The van der Waals surface area contributed by atoms with Crippen molar-refractivity contribution < 1.29 is 14.3 Å². The van der Waals surface area contributed by atoms with E-state index in [9.17, 15) is 4.79 Å². The summed E-state index contributed by atoms with van der Waals surface area (Å²) in [5, 5.41) is 4.77. The summed E-state index contributed by atoms with van der Waals surface area (Å²) in [7, 11) is 3.25. The molecule has 0 saturated heterocycles. The zero-order valence-electron chi connectivity index (χ0n) is 15.2. The Morgan fingerprint density at radius 1 is 1.23 bits per heavy atom. The molecular weight excluding hydrogens is 330 g/mol. The van der Waals surface area contributed by atoms with Gasteiger partial charge in [-0.2, -0.15) is 0 Å². The molecule has 3 aromatic rings. The van der Waals surface area contributed by atoms with Crippen molar-refractivity contribution in [2.75, 3.05) is 14.2 Å². The molecule has 0 bridgehead atoms. The van der Waals surface area contributed by atoms with Crippen molar-refractivity contribution in [2.45, 2.75) is 31.8 Å². The highest BCUT2D eigenvalue weighted by molar-refractivity contribution is 5.79. The van der Waals surface area contributed by atoms with Gasteiger partial charge in [-0.1, -0.05) is 19.1 Å². The van der Waals surface area contributed by atoms with Gasteiger partial charge in [0.1, 0.15) is 6.29 Å². The molecule has 1 saturated carbocycles. The van der Waals surface area contributed by atoms with Crippen LogP contribution in [0.3, 0.4) is 0 Å². The van der Waals surface area contributed by atoms with E-state index in [4.69, 9.17) is 19.6 Å². The van der Waals surface area contributed by atoms with Crippen LogP contribution >= 0.6 is 0 Å². The molecule has 134 valence electrons. The summed E-state index contributed by atoms with van der Waals surface area (Å²) in [5.41, 5.74) is 4.10. The van der Waals surface area contributed by atoms with Crippen LogP contribution in [0.15, 0.2) is 30.3 Å². The van der Waals surface area contributed by atoms with Crippen molar-refractivity contribution in [3.63, 3.8) is 0 Å². The molecule has 0 spiro atoms. The summed E-state index contributed by atoms with van der Waals surface area (Å²) >= 11 is 0. The SMILES string of the molecule is COCc1cc(-c2ccc(OC)c3nc(C4(C)CC4)nn23)ccc1C=O. The van der Waals surface area contributed by atoms with E-state index in [0.717, 1.165) is 41.8 Å². The number of aldehydes is 1. The summed E-state index contributed by atoms with van der Waals surface area (Å²) < 4.78 is 12.5. The van der Waals surface area contributed by atoms with Crippen LogP contribution in [0.5, 0.6) is 5.75 Å². The lowest BCUT2D eigenvalue weighted by molar-refractivity contribution is 0.111. The molecule has 1 aliphatic rings. The number of methoxy groups -OCH3 is 2. The first-order chi connectivity index (χ1) is 12.6. The van der Waals surface area contributed by atoms with Gasteiger partial charge < -0.3 is 9.47 Å². The van der Waals surface area contributed by atoms with Crippen LogP contribution in [0, 0.1) is 0 Å². The zero-order valence-corrected chi connectivity index (χ0v) is 15.2. The second-order valence-corrected chi connectivity index (χ2v) is 6.98. The maximum Gasteiger partial charge on any atom is 0.198 e. The second kappa shape index (κ2) is 6.21. The molecule has 1 aliphatic carbocycles. The first kappa shape index (κ1) is 16.7. The molecule has 2 heterocycles. The number of hydrogen-bond donors (Lipinski definition) is 0. The minimum Gasteiger partial charge on any atom is -0.493 e. The second-order valence-electron chi connectivity index (χ2n) is 6.98. The number of hydrogen-bond acceptors (Lipinski definition) is 5. The van der Waals surface area contributed by atoms with Crippen molar-refractivity contribution in [3.8, 4) is 17.0 Å². The van der Waals surface area contributed by atoms with E-state index in [2.05, 4.69) is 6.92 Å². The number of nitrogens with zero attached hydrogens (tertiary/aromatic N) is 3. The average Bonchev–Trinajstić information content (AvgIpc) is 3.24. The van der Waals surface area contributed by atoms with E-state index in [1.165, 1.54) is 0 Å². The standard InChI is InChI=1S/C20H21N3O3/c1-20(8-9-20)19-21-18-17(26-3)7-6-16(23(18)22-19)13-4-5-14(11-24)15(10-13)12-25-2/h4-7,10-11H,8-9,12H2,1-3H3. The number of carbonyl (C=O) groups is 1. The molecule has 0 aliphatic heterocycles. The largest absolute Gasteiger partial charge is 0.493 e. The molecule has 0 N–H and O–H groups in total. The number of carbonyl (C=O) groups excluding carboxylic acids is 1. The fourth-order valence-electron chi connectivity index (χ4n) is 3.14. The topological polar surface area (TPSA) is 65.7 Å². The molecule has 26 heavy (non-hydrogen) atoms. The molecule has 6 heteroatoms. The van der Waals surface area contributed by atoms with Gasteiger partial charge in [-0.15, -0.1) is 5.10 Å². The minimum atomic E-state index is 0.0664. The Morgan fingerprint density at radius 3 is 2.69 bits per heavy atom. The molecule has 2 aromatic heterocycles. The summed E-state index contributed by atoms with van der Waals surface area (Å²) in [6.07, 6.45) is 3.06. The number of benzene rings is 1. The van der Waals surface area contributed by atoms with E-state index in [1.54, 1.807) is 14.2 Å². The van der Waals surface area contributed by atoms with Gasteiger partial charge in [-0.3, -0.25) is 4.79 Å². The molecule has 0 amide bonds. The molecular formula is C20H21N3O3. The fourth-order valence-corrected chi connectivity index (χ4v) is 3.14.